The van der Waals surface area contributed by atoms with Gasteiger partial charge in [-0.3, -0.25) is 0 Å². The highest BCUT2D eigenvalue weighted by Gasteiger charge is 2.15. The molecular weight excluding hydrogens is 247 g/mol. The molecular formula is C11H11FO2S2. The van der Waals surface area contributed by atoms with Gasteiger partial charge in [0.25, 0.3) is 0 Å². The fourth-order valence-corrected chi connectivity index (χ4v) is 3.54. The van der Waals surface area contributed by atoms with Crippen LogP contribution in [0.2, 0.25) is 0 Å². The van der Waals surface area contributed by atoms with Crippen LogP contribution in [0.25, 0.3) is 10.1 Å². The highest BCUT2D eigenvalue weighted by Crippen LogP contribution is 2.29. The molecule has 16 heavy (non-hydrogen) atoms. The zero-order valence-electron chi connectivity index (χ0n) is 8.73. The van der Waals surface area contributed by atoms with Crippen LogP contribution in [0.1, 0.15) is 12.5 Å². The second-order valence-electron chi connectivity index (χ2n) is 3.55. The number of hydrogen-bond donors (Lipinski definition) is 0. The van der Waals surface area contributed by atoms with E-state index >= 15 is 0 Å². The number of rotatable bonds is 3. The minimum Gasteiger partial charge on any atom is -0.229 e. The van der Waals surface area contributed by atoms with E-state index in [2.05, 4.69) is 0 Å². The third-order valence-electron chi connectivity index (χ3n) is 2.44. The van der Waals surface area contributed by atoms with Crippen LogP contribution < -0.4 is 0 Å². The van der Waals surface area contributed by atoms with Crippen molar-refractivity contribution in [1.82, 2.24) is 0 Å². The Morgan fingerprint density at radius 1 is 1.38 bits per heavy atom. The molecule has 0 amide bonds. The predicted octanol–water partition coefficient (Wildman–Crippen LogP) is 2.98. The van der Waals surface area contributed by atoms with Crippen molar-refractivity contribution in [2.24, 2.45) is 0 Å². The van der Waals surface area contributed by atoms with Crippen LogP contribution in [0.4, 0.5) is 4.39 Å². The average molecular weight is 258 g/mol. The summed E-state index contributed by atoms with van der Waals surface area (Å²) in [7, 11) is -3.11. The molecule has 0 fully saturated rings. The molecule has 0 bridgehead atoms. The van der Waals surface area contributed by atoms with Crippen molar-refractivity contribution in [3.8, 4) is 0 Å². The number of halogens is 1. The molecule has 2 nitrogen and oxygen atoms in total. The van der Waals surface area contributed by atoms with Crippen LogP contribution in [0.3, 0.4) is 0 Å². The van der Waals surface area contributed by atoms with Gasteiger partial charge in [-0.05, 0) is 23.1 Å². The predicted molar refractivity (Wildman–Crippen MR) is 64.9 cm³/mol. The molecule has 1 aromatic carbocycles. The number of sulfone groups is 1. The molecule has 86 valence electrons. The Bertz CT molecular complexity index is 614. The second kappa shape index (κ2) is 4.14. The van der Waals surface area contributed by atoms with E-state index in [1.165, 1.54) is 17.4 Å². The summed E-state index contributed by atoms with van der Waals surface area (Å²) in [6, 6.07) is 4.79. The molecule has 1 aromatic heterocycles. The third kappa shape index (κ3) is 2.10. The van der Waals surface area contributed by atoms with E-state index in [9.17, 15) is 12.8 Å². The fourth-order valence-electron chi connectivity index (χ4n) is 1.55. The van der Waals surface area contributed by atoms with Crippen molar-refractivity contribution in [2.45, 2.75) is 12.7 Å². The molecule has 2 aromatic rings. The number of thiophene rings is 1. The summed E-state index contributed by atoms with van der Waals surface area (Å²) in [5, 5.41) is 2.17. The Kier molecular flexibility index (Phi) is 2.99. The topological polar surface area (TPSA) is 34.1 Å². The summed E-state index contributed by atoms with van der Waals surface area (Å²) in [4.78, 5) is 0. The van der Waals surface area contributed by atoms with E-state index in [0.29, 0.717) is 10.9 Å². The monoisotopic (exact) mass is 258 g/mol. The van der Waals surface area contributed by atoms with Crippen LogP contribution in [0.15, 0.2) is 23.6 Å². The van der Waals surface area contributed by atoms with Crippen molar-refractivity contribution in [3.05, 3.63) is 35.0 Å². The van der Waals surface area contributed by atoms with Gasteiger partial charge in [-0.25, -0.2) is 12.8 Å². The van der Waals surface area contributed by atoms with Gasteiger partial charge in [-0.2, -0.15) is 0 Å². The first-order chi connectivity index (χ1) is 7.53. The Hall–Kier alpha value is -0.940. The van der Waals surface area contributed by atoms with Crippen LogP contribution in [0.5, 0.6) is 0 Å². The van der Waals surface area contributed by atoms with E-state index in [-0.39, 0.29) is 17.3 Å². The zero-order valence-corrected chi connectivity index (χ0v) is 10.4. The van der Waals surface area contributed by atoms with E-state index in [1.807, 2.05) is 0 Å². The minimum atomic E-state index is -3.11. The van der Waals surface area contributed by atoms with Crippen LogP contribution in [-0.4, -0.2) is 14.2 Å². The maximum absolute atomic E-state index is 13.6. The summed E-state index contributed by atoms with van der Waals surface area (Å²) in [5.41, 5.74) is 0.569. The van der Waals surface area contributed by atoms with Gasteiger partial charge in [-0.1, -0.05) is 13.0 Å². The summed E-state index contributed by atoms with van der Waals surface area (Å²) < 4.78 is 37.4. The molecule has 0 radical (unpaired) electrons. The lowest BCUT2D eigenvalue weighted by atomic mass is 10.2. The van der Waals surface area contributed by atoms with Crippen LogP contribution in [-0.2, 0) is 15.6 Å². The summed E-state index contributed by atoms with van der Waals surface area (Å²) in [5.74, 6) is -0.344. The molecule has 0 atom stereocenters. The lowest BCUT2D eigenvalue weighted by Gasteiger charge is -2.00. The first kappa shape index (κ1) is 11.5. The van der Waals surface area contributed by atoms with E-state index < -0.39 is 9.84 Å². The van der Waals surface area contributed by atoms with Crippen LogP contribution in [0, 0.1) is 5.82 Å². The molecule has 5 heteroatoms. The molecule has 0 unspecified atom stereocenters. The van der Waals surface area contributed by atoms with Crippen LogP contribution >= 0.6 is 11.3 Å². The van der Waals surface area contributed by atoms with Gasteiger partial charge in [0.1, 0.15) is 5.82 Å². The molecule has 0 saturated carbocycles. The van der Waals surface area contributed by atoms with Crippen molar-refractivity contribution < 1.29 is 12.8 Å². The Morgan fingerprint density at radius 3 is 2.81 bits per heavy atom. The first-order valence-electron chi connectivity index (χ1n) is 4.88. The summed E-state index contributed by atoms with van der Waals surface area (Å²) in [6.07, 6.45) is 0. The normalized spacial score (nSPS) is 12.1. The van der Waals surface area contributed by atoms with E-state index in [1.54, 1.807) is 24.4 Å². The molecule has 0 aliphatic heterocycles. The summed E-state index contributed by atoms with van der Waals surface area (Å²) >= 11 is 1.37. The number of hydrogen-bond acceptors (Lipinski definition) is 3. The molecule has 0 aliphatic carbocycles. The van der Waals surface area contributed by atoms with Crippen molar-refractivity contribution in [1.29, 1.82) is 0 Å². The Morgan fingerprint density at radius 2 is 2.12 bits per heavy atom. The van der Waals surface area contributed by atoms with E-state index in [0.717, 1.165) is 4.70 Å². The maximum atomic E-state index is 13.6. The third-order valence-corrected chi connectivity index (χ3v) is 5.07. The molecule has 0 saturated heterocycles. The maximum Gasteiger partial charge on any atom is 0.154 e. The van der Waals surface area contributed by atoms with E-state index in [4.69, 9.17) is 0 Å². The lowest BCUT2D eigenvalue weighted by molar-refractivity contribution is 0.596. The molecule has 0 aliphatic rings. The highest BCUT2D eigenvalue weighted by atomic mass is 32.2. The second-order valence-corrected chi connectivity index (χ2v) is 6.81. The van der Waals surface area contributed by atoms with Crippen molar-refractivity contribution in [2.75, 3.05) is 5.75 Å². The van der Waals surface area contributed by atoms with Crippen molar-refractivity contribution in [3.63, 3.8) is 0 Å². The number of fused-ring (bicyclic) bond motifs is 1. The SMILES string of the molecule is CCS(=O)(=O)Cc1csc2cccc(F)c12. The quantitative estimate of drug-likeness (QED) is 0.848. The largest absolute Gasteiger partial charge is 0.229 e. The Labute approximate surface area is 97.6 Å². The Balaban J connectivity index is 2.54. The molecule has 2 rings (SSSR count). The van der Waals surface area contributed by atoms with Crippen molar-refractivity contribution >= 4 is 31.3 Å². The molecule has 1 heterocycles. The molecule has 0 N–H and O–H groups in total. The molecule has 0 spiro atoms. The lowest BCUT2D eigenvalue weighted by Crippen LogP contribution is -2.06. The minimum absolute atomic E-state index is 0.0789. The van der Waals surface area contributed by atoms with Gasteiger partial charge in [0.15, 0.2) is 9.84 Å². The first-order valence-corrected chi connectivity index (χ1v) is 7.58. The average Bonchev–Trinajstić information content (AvgIpc) is 2.62. The zero-order chi connectivity index (χ0) is 11.8. The van der Waals surface area contributed by atoms with Gasteiger partial charge in [-0.15, -0.1) is 11.3 Å². The van der Waals surface area contributed by atoms with Gasteiger partial charge < -0.3 is 0 Å². The highest BCUT2D eigenvalue weighted by molar-refractivity contribution is 7.90. The van der Waals surface area contributed by atoms with Gasteiger partial charge in [0.05, 0.1) is 5.75 Å². The smallest absolute Gasteiger partial charge is 0.154 e. The van der Waals surface area contributed by atoms with Gasteiger partial charge in [0.2, 0.25) is 0 Å². The summed E-state index contributed by atoms with van der Waals surface area (Å²) in [6.45, 7) is 1.60. The van der Waals surface area contributed by atoms with Gasteiger partial charge in [0, 0.05) is 15.8 Å². The standard InChI is InChI=1S/C11H11FO2S2/c1-2-16(13,14)7-8-6-15-10-5-3-4-9(12)11(8)10/h3-6H,2,7H2,1H3. The fraction of sp³-hybridized carbons (Fsp3) is 0.273. The number of benzene rings is 1. The van der Waals surface area contributed by atoms with Gasteiger partial charge >= 0.3 is 0 Å².